The van der Waals surface area contributed by atoms with Gasteiger partial charge in [-0.1, -0.05) is 6.07 Å². The summed E-state index contributed by atoms with van der Waals surface area (Å²) in [5.41, 5.74) is 0.788. The van der Waals surface area contributed by atoms with Crippen LogP contribution in [0.5, 0.6) is 0 Å². The predicted molar refractivity (Wildman–Crippen MR) is 105 cm³/mol. The second-order valence-corrected chi connectivity index (χ2v) is 7.35. The number of thioether (sulfide) groups is 1. The van der Waals surface area contributed by atoms with Gasteiger partial charge in [-0.3, -0.25) is 24.6 Å². The Balaban J connectivity index is 1.89. The number of anilines is 1. The summed E-state index contributed by atoms with van der Waals surface area (Å²) in [6.45, 7) is 3.47. The third-order valence-corrected chi connectivity index (χ3v) is 5.48. The van der Waals surface area contributed by atoms with Crippen LogP contribution in [0.2, 0.25) is 0 Å². The first-order valence-electron chi connectivity index (χ1n) is 8.79. The summed E-state index contributed by atoms with van der Waals surface area (Å²) in [6.07, 6.45) is 1.41. The van der Waals surface area contributed by atoms with Crippen LogP contribution in [0.25, 0.3) is 6.08 Å². The van der Waals surface area contributed by atoms with E-state index in [-0.39, 0.29) is 10.6 Å². The second-order valence-electron chi connectivity index (χ2n) is 6.36. The molecule has 1 aromatic carbocycles. The largest absolute Gasteiger partial charge is 0.467 e. The van der Waals surface area contributed by atoms with Gasteiger partial charge in [0.05, 0.1) is 30.2 Å². The van der Waals surface area contributed by atoms with Crippen molar-refractivity contribution in [2.45, 2.75) is 13.0 Å². The van der Waals surface area contributed by atoms with E-state index >= 15 is 0 Å². The van der Waals surface area contributed by atoms with Gasteiger partial charge < -0.3 is 14.4 Å². The minimum absolute atomic E-state index is 0.0826. The van der Waals surface area contributed by atoms with Crippen molar-refractivity contribution in [3.8, 4) is 0 Å². The number of ether oxygens (including phenoxy) is 2. The number of amides is 2. The highest BCUT2D eigenvalue weighted by atomic mass is 32.2. The second kappa shape index (κ2) is 8.62. The molecule has 2 aliphatic rings. The molecular weight excluding hydrogens is 402 g/mol. The number of morpholine rings is 1. The first-order valence-corrected chi connectivity index (χ1v) is 9.61. The summed E-state index contributed by atoms with van der Waals surface area (Å²) in [5.74, 6) is -1.35. The minimum Gasteiger partial charge on any atom is -0.467 e. The topological polar surface area (TPSA) is 119 Å². The molecule has 2 fully saturated rings. The number of nitro benzene ring substituents is 1. The highest BCUT2D eigenvalue weighted by molar-refractivity contribution is 8.18. The standard InChI is InChI=1S/C18H19N3O7S/c1-11(17(23)27-2)20-16(22)15(29-18(20)24)10-12-3-4-13(14(9-12)21(25)26)19-5-7-28-8-6-19/h3-4,9-11H,5-8H2,1-2H3/b15-10+/t11-/m1/s1. The predicted octanol–water partition coefficient (Wildman–Crippen LogP) is 2.03. The Bertz CT molecular complexity index is 895. The number of carbonyl (C=O) groups is 3. The normalized spacial score (nSPS) is 19.6. The van der Waals surface area contributed by atoms with Crippen LogP contribution in [0.4, 0.5) is 16.2 Å². The van der Waals surface area contributed by atoms with Crippen molar-refractivity contribution < 1.29 is 28.8 Å². The number of carbonyl (C=O) groups excluding carboxylic acids is 3. The average molecular weight is 421 g/mol. The number of benzene rings is 1. The minimum atomic E-state index is -1.06. The molecule has 0 saturated carbocycles. The zero-order valence-electron chi connectivity index (χ0n) is 15.8. The van der Waals surface area contributed by atoms with Crippen molar-refractivity contribution >= 4 is 46.3 Å². The summed E-state index contributed by atoms with van der Waals surface area (Å²) in [6, 6.07) is 3.57. The molecule has 2 amide bonds. The van der Waals surface area contributed by atoms with Gasteiger partial charge in [0, 0.05) is 19.2 Å². The van der Waals surface area contributed by atoms with Crippen molar-refractivity contribution in [1.82, 2.24) is 4.90 Å². The van der Waals surface area contributed by atoms with Gasteiger partial charge in [0.15, 0.2) is 0 Å². The maximum atomic E-state index is 12.6. The Morgan fingerprint density at radius 3 is 2.66 bits per heavy atom. The number of hydrogen-bond donors (Lipinski definition) is 0. The van der Waals surface area contributed by atoms with E-state index in [0.29, 0.717) is 49.3 Å². The van der Waals surface area contributed by atoms with Crippen LogP contribution < -0.4 is 4.90 Å². The van der Waals surface area contributed by atoms with Crippen LogP contribution in [-0.4, -0.2) is 66.4 Å². The fourth-order valence-corrected chi connectivity index (χ4v) is 4.00. The Labute approximate surface area is 170 Å². The van der Waals surface area contributed by atoms with E-state index < -0.39 is 28.1 Å². The SMILES string of the molecule is COC(=O)[C@@H](C)N1C(=O)S/C(=C/c2ccc(N3CCOCC3)c([N+](=O)[O-])c2)C1=O. The van der Waals surface area contributed by atoms with Crippen molar-refractivity contribution in [3.05, 3.63) is 38.8 Å². The molecule has 0 aromatic heterocycles. The number of methoxy groups -OCH3 is 1. The van der Waals surface area contributed by atoms with Crippen LogP contribution in [0, 0.1) is 10.1 Å². The van der Waals surface area contributed by atoms with Gasteiger partial charge in [-0.05, 0) is 36.4 Å². The van der Waals surface area contributed by atoms with Gasteiger partial charge in [0.2, 0.25) is 0 Å². The molecule has 1 atom stereocenters. The van der Waals surface area contributed by atoms with E-state index in [4.69, 9.17) is 4.74 Å². The fraction of sp³-hybridized carbons (Fsp3) is 0.389. The van der Waals surface area contributed by atoms with Gasteiger partial charge in [0.1, 0.15) is 11.7 Å². The first-order chi connectivity index (χ1) is 13.8. The summed E-state index contributed by atoms with van der Waals surface area (Å²) < 4.78 is 9.86. The van der Waals surface area contributed by atoms with Crippen molar-refractivity contribution in [2.75, 3.05) is 38.3 Å². The molecule has 10 nitrogen and oxygen atoms in total. The maximum absolute atomic E-state index is 12.6. The van der Waals surface area contributed by atoms with E-state index in [9.17, 15) is 24.5 Å². The van der Waals surface area contributed by atoms with Gasteiger partial charge in [-0.2, -0.15) is 0 Å². The summed E-state index contributed by atoms with van der Waals surface area (Å²) >= 11 is 0.673. The highest BCUT2D eigenvalue weighted by Gasteiger charge is 2.41. The Hall–Kier alpha value is -2.92. The lowest BCUT2D eigenvalue weighted by molar-refractivity contribution is -0.384. The number of nitrogens with zero attached hydrogens (tertiary/aromatic N) is 3. The van der Waals surface area contributed by atoms with Crippen LogP contribution in [-0.2, 0) is 19.1 Å². The molecule has 0 unspecified atom stereocenters. The third-order valence-electron chi connectivity index (χ3n) is 4.60. The van der Waals surface area contributed by atoms with E-state index in [1.807, 2.05) is 4.90 Å². The molecule has 1 aromatic rings. The number of imide groups is 1. The number of rotatable bonds is 5. The van der Waals surface area contributed by atoms with Crippen molar-refractivity contribution in [2.24, 2.45) is 0 Å². The Kier molecular flexibility index (Phi) is 6.18. The summed E-state index contributed by atoms with van der Waals surface area (Å²) in [7, 11) is 1.17. The Morgan fingerprint density at radius 2 is 2.03 bits per heavy atom. The molecule has 2 saturated heterocycles. The number of hydrogen-bond acceptors (Lipinski definition) is 9. The monoisotopic (exact) mass is 421 g/mol. The Morgan fingerprint density at radius 1 is 1.34 bits per heavy atom. The fourth-order valence-electron chi connectivity index (χ4n) is 3.09. The molecule has 0 radical (unpaired) electrons. The lowest BCUT2D eigenvalue weighted by Crippen LogP contribution is -2.42. The molecule has 0 N–H and O–H groups in total. The van der Waals surface area contributed by atoms with Crippen LogP contribution in [0.3, 0.4) is 0 Å². The highest BCUT2D eigenvalue weighted by Crippen LogP contribution is 2.36. The van der Waals surface area contributed by atoms with Crippen molar-refractivity contribution in [1.29, 1.82) is 0 Å². The lowest BCUT2D eigenvalue weighted by atomic mass is 10.1. The number of esters is 1. The van der Waals surface area contributed by atoms with E-state index in [0.717, 1.165) is 4.90 Å². The van der Waals surface area contributed by atoms with Gasteiger partial charge >= 0.3 is 5.97 Å². The van der Waals surface area contributed by atoms with E-state index in [1.165, 1.54) is 26.2 Å². The van der Waals surface area contributed by atoms with Crippen LogP contribution >= 0.6 is 11.8 Å². The lowest BCUT2D eigenvalue weighted by Gasteiger charge is -2.28. The smallest absolute Gasteiger partial charge is 0.328 e. The molecule has 0 aliphatic carbocycles. The molecule has 2 aliphatic heterocycles. The molecule has 29 heavy (non-hydrogen) atoms. The van der Waals surface area contributed by atoms with E-state index in [1.54, 1.807) is 12.1 Å². The zero-order chi connectivity index (χ0) is 21.1. The van der Waals surface area contributed by atoms with Crippen LogP contribution in [0.1, 0.15) is 12.5 Å². The maximum Gasteiger partial charge on any atom is 0.328 e. The average Bonchev–Trinajstić information content (AvgIpc) is 3.00. The first kappa shape index (κ1) is 20.8. The molecular formula is C18H19N3O7S. The zero-order valence-corrected chi connectivity index (χ0v) is 16.6. The molecule has 3 rings (SSSR count). The molecule has 154 valence electrons. The van der Waals surface area contributed by atoms with Gasteiger partial charge in [-0.15, -0.1) is 0 Å². The summed E-state index contributed by atoms with van der Waals surface area (Å²) in [4.78, 5) is 50.3. The molecule has 0 bridgehead atoms. The summed E-state index contributed by atoms with van der Waals surface area (Å²) in [5, 5.41) is 11.0. The molecule has 11 heteroatoms. The van der Waals surface area contributed by atoms with E-state index in [2.05, 4.69) is 4.74 Å². The number of nitro groups is 1. The van der Waals surface area contributed by atoms with Crippen molar-refractivity contribution in [3.63, 3.8) is 0 Å². The molecule has 0 spiro atoms. The quantitative estimate of drug-likeness (QED) is 0.304. The third kappa shape index (κ3) is 4.25. The van der Waals surface area contributed by atoms with Crippen LogP contribution in [0.15, 0.2) is 23.1 Å². The van der Waals surface area contributed by atoms with Gasteiger partial charge in [-0.25, -0.2) is 4.79 Å². The molecule has 2 heterocycles. The van der Waals surface area contributed by atoms with Gasteiger partial charge in [0.25, 0.3) is 16.8 Å².